The van der Waals surface area contributed by atoms with E-state index in [1.165, 1.54) is 38.8 Å². The molecule has 15 heavy (non-hydrogen) atoms. The molecule has 1 aliphatic carbocycles. The first-order valence-corrected chi connectivity index (χ1v) is 6.32. The Kier molecular flexibility index (Phi) is 6.98. The van der Waals surface area contributed by atoms with Crippen LogP contribution in [0.2, 0.25) is 0 Å². The summed E-state index contributed by atoms with van der Waals surface area (Å²) >= 11 is 0. The van der Waals surface area contributed by atoms with Crippen molar-refractivity contribution in [2.45, 2.75) is 38.6 Å². The number of hydrogen-bond acceptors (Lipinski definition) is 3. The Morgan fingerprint density at radius 2 is 2.07 bits per heavy atom. The zero-order valence-corrected chi connectivity index (χ0v) is 10.3. The highest BCUT2D eigenvalue weighted by Gasteiger charge is 2.19. The van der Waals surface area contributed by atoms with Gasteiger partial charge in [0, 0.05) is 19.2 Å². The van der Waals surface area contributed by atoms with Gasteiger partial charge in [-0.05, 0) is 52.7 Å². The van der Waals surface area contributed by atoms with E-state index in [1.807, 2.05) is 6.92 Å². The molecule has 0 spiro atoms. The topological polar surface area (TPSA) is 24.5 Å². The van der Waals surface area contributed by atoms with Gasteiger partial charge in [0.15, 0.2) is 0 Å². The molecule has 0 aromatic heterocycles. The van der Waals surface area contributed by atoms with E-state index in [-0.39, 0.29) is 0 Å². The van der Waals surface area contributed by atoms with Crippen LogP contribution < -0.4 is 5.32 Å². The maximum absolute atomic E-state index is 5.32. The van der Waals surface area contributed by atoms with E-state index >= 15 is 0 Å². The number of rotatable bonds is 10. The van der Waals surface area contributed by atoms with Crippen molar-refractivity contribution in [3.63, 3.8) is 0 Å². The summed E-state index contributed by atoms with van der Waals surface area (Å²) in [4.78, 5) is 2.35. The molecule has 0 aromatic rings. The van der Waals surface area contributed by atoms with Crippen LogP contribution in [0, 0.1) is 0 Å². The Morgan fingerprint density at radius 1 is 1.27 bits per heavy atom. The molecule has 0 bridgehead atoms. The van der Waals surface area contributed by atoms with Crippen molar-refractivity contribution in [2.24, 2.45) is 0 Å². The van der Waals surface area contributed by atoms with Crippen molar-refractivity contribution in [1.82, 2.24) is 10.2 Å². The summed E-state index contributed by atoms with van der Waals surface area (Å²) in [5.41, 5.74) is 0. The highest BCUT2D eigenvalue weighted by molar-refractivity contribution is 4.80. The third-order valence-electron chi connectivity index (χ3n) is 2.80. The Morgan fingerprint density at radius 3 is 2.73 bits per heavy atom. The predicted octanol–water partition coefficient (Wildman–Crippen LogP) is 1.49. The number of likely N-dealkylation sites (N-methyl/N-ethyl adjacent to an activating group) is 1. The average molecular weight is 214 g/mol. The zero-order valence-electron chi connectivity index (χ0n) is 10.3. The van der Waals surface area contributed by atoms with Gasteiger partial charge in [0.25, 0.3) is 0 Å². The van der Waals surface area contributed by atoms with Gasteiger partial charge in [-0.25, -0.2) is 0 Å². The van der Waals surface area contributed by atoms with Gasteiger partial charge in [0.1, 0.15) is 0 Å². The first-order chi connectivity index (χ1) is 7.33. The van der Waals surface area contributed by atoms with Crippen molar-refractivity contribution >= 4 is 0 Å². The molecular weight excluding hydrogens is 188 g/mol. The van der Waals surface area contributed by atoms with Gasteiger partial charge in [-0.1, -0.05) is 0 Å². The van der Waals surface area contributed by atoms with Gasteiger partial charge < -0.3 is 15.0 Å². The fraction of sp³-hybridized carbons (Fsp3) is 1.00. The normalized spacial score (nSPS) is 16.2. The van der Waals surface area contributed by atoms with Crippen LogP contribution in [0.3, 0.4) is 0 Å². The second-order valence-corrected chi connectivity index (χ2v) is 4.44. The second-order valence-electron chi connectivity index (χ2n) is 4.44. The lowest BCUT2D eigenvalue weighted by molar-refractivity contribution is 0.121. The largest absolute Gasteiger partial charge is 0.380 e. The summed E-state index contributed by atoms with van der Waals surface area (Å²) in [5, 5.41) is 3.54. The molecule has 1 N–H and O–H groups in total. The third-order valence-corrected chi connectivity index (χ3v) is 2.80. The van der Waals surface area contributed by atoms with Crippen molar-refractivity contribution < 1.29 is 4.74 Å². The van der Waals surface area contributed by atoms with Crippen LogP contribution in [0.4, 0.5) is 0 Å². The molecule has 1 aliphatic rings. The van der Waals surface area contributed by atoms with Crippen LogP contribution in [0.25, 0.3) is 0 Å². The molecule has 3 heteroatoms. The maximum Gasteiger partial charge on any atom is 0.0593 e. The number of ether oxygens (including phenoxy) is 1. The summed E-state index contributed by atoms with van der Waals surface area (Å²) in [6.45, 7) is 7.20. The summed E-state index contributed by atoms with van der Waals surface area (Å²) in [5.74, 6) is 0. The van der Waals surface area contributed by atoms with Crippen molar-refractivity contribution in [3.8, 4) is 0 Å². The first kappa shape index (κ1) is 12.9. The molecule has 0 radical (unpaired) electrons. The zero-order chi connectivity index (χ0) is 10.9. The Bertz CT molecular complexity index is 149. The van der Waals surface area contributed by atoms with Gasteiger partial charge >= 0.3 is 0 Å². The van der Waals surface area contributed by atoms with Gasteiger partial charge in [0.05, 0.1) is 6.61 Å². The van der Waals surface area contributed by atoms with E-state index in [4.69, 9.17) is 4.74 Å². The molecule has 0 aromatic carbocycles. The van der Waals surface area contributed by atoms with E-state index in [0.29, 0.717) is 0 Å². The van der Waals surface area contributed by atoms with Gasteiger partial charge in [0.2, 0.25) is 0 Å². The van der Waals surface area contributed by atoms with Gasteiger partial charge in [-0.3, -0.25) is 0 Å². The van der Waals surface area contributed by atoms with E-state index in [1.54, 1.807) is 0 Å². The number of unbranched alkanes of at least 4 members (excludes halogenated alkanes) is 1. The minimum atomic E-state index is 0.832. The van der Waals surface area contributed by atoms with Crippen molar-refractivity contribution in [2.75, 3.05) is 39.9 Å². The molecular formula is C12H26N2O. The lowest BCUT2D eigenvalue weighted by Gasteiger charge is -2.16. The summed E-state index contributed by atoms with van der Waals surface area (Å²) < 4.78 is 5.32. The molecule has 0 aliphatic heterocycles. The summed E-state index contributed by atoms with van der Waals surface area (Å²) in [6.07, 6.45) is 5.39. The predicted molar refractivity (Wildman–Crippen MR) is 64.2 cm³/mol. The highest BCUT2D eigenvalue weighted by Crippen LogP contribution is 2.18. The molecule has 0 amide bonds. The number of hydrogen-bond donors (Lipinski definition) is 1. The highest BCUT2D eigenvalue weighted by atomic mass is 16.5. The Labute approximate surface area is 94.2 Å². The second kappa shape index (κ2) is 8.08. The standard InChI is InChI=1S/C12H26N2O/c1-3-15-11-10-14(2)9-5-4-8-13-12-6-7-12/h12-13H,3-11H2,1-2H3. The number of nitrogens with one attached hydrogen (secondary N) is 1. The molecule has 0 saturated heterocycles. The van der Waals surface area contributed by atoms with E-state index in [9.17, 15) is 0 Å². The fourth-order valence-electron chi connectivity index (χ4n) is 1.58. The Balaban J connectivity index is 1.76. The van der Waals surface area contributed by atoms with Crippen LogP contribution in [-0.4, -0.2) is 50.8 Å². The van der Waals surface area contributed by atoms with Crippen molar-refractivity contribution in [1.29, 1.82) is 0 Å². The van der Waals surface area contributed by atoms with Crippen LogP contribution in [0.1, 0.15) is 32.6 Å². The smallest absolute Gasteiger partial charge is 0.0593 e. The van der Waals surface area contributed by atoms with Crippen molar-refractivity contribution in [3.05, 3.63) is 0 Å². The minimum Gasteiger partial charge on any atom is -0.380 e. The SMILES string of the molecule is CCOCCN(C)CCCCNC1CC1. The average Bonchev–Trinajstić information content (AvgIpc) is 3.02. The molecule has 0 unspecified atom stereocenters. The molecule has 3 nitrogen and oxygen atoms in total. The van der Waals surface area contributed by atoms with E-state index < -0.39 is 0 Å². The molecule has 1 fully saturated rings. The third kappa shape index (κ3) is 7.77. The van der Waals surface area contributed by atoms with E-state index in [0.717, 1.165) is 25.8 Å². The molecule has 1 rings (SSSR count). The lowest BCUT2D eigenvalue weighted by Crippen LogP contribution is -2.25. The lowest BCUT2D eigenvalue weighted by atomic mass is 10.3. The molecule has 0 atom stereocenters. The summed E-state index contributed by atoms with van der Waals surface area (Å²) in [6, 6.07) is 0.862. The van der Waals surface area contributed by atoms with Gasteiger partial charge in [-0.15, -0.1) is 0 Å². The molecule has 0 heterocycles. The van der Waals surface area contributed by atoms with Crippen LogP contribution in [0.5, 0.6) is 0 Å². The van der Waals surface area contributed by atoms with E-state index in [2.05, 4.69) is 17.3 Å². The minimum absolute atomic E-state index is 0.832. The number of nitrogens with zero attached hydrogens (tertiary/aromatic N) is 1. The molecule has 1 saturated carbocycles. The van der Waals surface area contributed by atoms with Gasteiger partial charge in [-0.2, -0.15) is 0 Å². The quantitative estimate of drug-likeness (QED) is 0.558. The van der Waals surface area contributed by atoms with Crippen LogP contribution in [0.15, 0.2) is 0 Å². The fourth-order valence-corrected chi connectivity index (χ4v) is 1.58. The van der Waals surface area contributed by atoms with Crippen LogP contribution in [-0.2, 0) is 4.74 Å². The monoisotopic (exact) mass is 214 g/mol. The molecule has 90 valence electrons. The first-order valence-electron chi connectivity index (χ1n) is 6.32. The maximum atomic E-state index is 5.32. The summed E-state index contributed by atoms with van der Waals surface area (Å²) in [7, 11) is 2.17. The van der Waals surface area contributed by atoms with Crippen LogP contribution >= 0.6 is 0 Å². The Hall–Kier alpha value is -0.120.